The molecule has 4 aromatic rings. The van der Waals surface area contributed by atoms with Gasteiger partial charge in [-0.05, 0) is 26.2 Å². The Kier molecular flexibility index (Phi) is 6.62. The fourth-order valence-electron chi connectivity index (χ4n) is 2.63. The summed E-state index contributed by atoms with van der Waals surface area (Å²) >= 11 is 5.94. The zero-order valence-electron chi connectivity index (χ0n) is 16.8. The lowest BCUT2D eigenvalue weighted by Gasteiger charge is -2.09. The third kappa shape index (κ3) is 4.86. The van der Waals surface area contributed by atoms with E-state index >= 15 is 0 Å². The van der Waals surface area contributed by atoms with Gasteiger partial charge in [-0.1, -0.05) is 23.7 Å². The van der Waals surface area contributed by atoms with E-state index in [1.165, 1.54) is 23.1 Å². The van der Waals surface area contributed by atoms with Crippen LogP contribution in [0.2, 0.25) is 5.02 Å². The molecule has 0 atom stereocenters. The van der Waals surface area contributed by atoms with Crippen LogP contribution in [0.4, 0.5) is 8.78 Å². The number of nitrogens with one attached hydrogen (secondary N) is 1. The monoisotopic (exact) mass is 445 g/mol. The second kappa shape index (κ2) is 9.19. The lowest BCUT2D eigenvalue weighted by atomic mass is 10.1. The second-order valence-corrected chi connectivity index (χ2v) is 6.91. The van der Waals surface area contributed by atoms with Crippen LogP contribution in [0.15, 0.2) is 42.7 Å². The van der Waals surface area contributed by atoms with Crippen LogP contribution in [0, 0.1) is 0 Å². The SMILES string of the molecule is CC(F)(F)c1nccc(-n2nc(-c3ccc(Cl)cc3)c3nc(C=O)ncc32)n1.CNC. The van der Waals surface area contributed by atoms with Crippen LogP contribution in [0.3, 0.4) is 0 Å². The van der Waals surface area contributed by atoms with Gasteiger partial charge in [0, 0.05) is 29.8 Å². The van der Waals surface area contributed by atoms with Crippen molar-refractivity contribution in [3.8, 4) is 17.1 Å². The van der Waals surface area contributed by atoms with Gasteiger partial charge in [0.05, 0.1) is 6.20 Å². The largest absolute Gasteiger partial charge is 0.323 e. The summed E-state index contributed by atoms with van der Waals surface area (Å²) < 4.78 is 28.6. The van der Waals surface area contributed by atoms with Crippen LogP contribution < -0.4 is 5.32 Å². The summed E-state index contributed by atoms with van der Waals surface area (Å²) in [5, 5.41) is 7.77. The summed E-state index contributed by atoms with van der Waals surface area (Å²) in [6.45, 7) is 0.714. The average molecular weight is 446 g/mol. The van der Waals surface area contributed by atoms with E-state index in [9.17, 15) is 13.6 Å². The Morgan fingerprint density at radius 3 is 2.39 bits per heavy atom. The van der Waals surface area contributed by atoms with Gasteiger partial charge in [0.2, 0.25) is 5.82 Å². The molecule has 3 heterocycles. The number of carbonyl (C=O) groups is 1. The molecule has 4 rings (SSSR count). The highest BCUT2D eigenvalue weighted by molar-refractivity contribution is 6.30. The van der Waals surface area contributed by atoms with Gasteiger partial charge >= 0.3 is 5.92 Å². The number of rotatable bonds is 4. The third-order valence-corrected chi connectivity index (χ3v) is 4.17. The van der Waals surface area contributed by atoms with E-state index in [1.54, 1.807) is 24.3 Å². The number of aldehydes is 1. The van der Waals surface area contributed by atoms with E-state index in [0.717, 1.165) is 0 Å². The molecular weight excluding hydrogens is 428 g/mol. The first-order valence-corrected chi connectivity index (χ1v) is 9.43. The molecule has 0 saturated heterocycles. The van der Waals surface area contributed by atoms with Gasteiger partial charge in [-0.3, -0.25) is 4.79 Å². The van der Waals surface area contributed by atoms with E-state index < -0.39 is 11.7 Å². The van der Waals surface area contributed by atoms with Crippen LogP contribution in [0.1, 0.15) is 23.4 Å². The number of benzene rings is 1. The average Bonchev–Trinajstić information content (AvgIpc) is 3.13. The van der Waals surface area contributed by atoms with Crippen LogP contribution in [-0.2, 0) is 5.92 Å². The molecule has 0 spiro atoms. The predicted molar refractivity (Wildman–Crippen MR) is 113 cm³/mol. The summed E-state index contributed by atoms with van der Waals surface area (Å²) in [4.78, 5) is 26.8. The van der Waals surface area contributed by atoms with E-state index in [2.05, 4.69) is 30.4 Å². The molecule has 0 aliphatic carbocycles. The molecule has 0 unspecified atom stereocenters. The van der Waals surface area contributed by atoms with Gasteiger partial charge in [-0.15, -0.1) is 0 Å². The maximum absolute atomic E-state index is 13.6. The fourth-order valence-corrected chi connectivity index (χ4v) is 2.76. The quantitative estimate of drug-likeness (QED) is 0.478. The molecular formula is C20H18ClF2N7O. The van der Waals surface area contributed by atoms with Crippen molar-refractivity contribution in [2.75, 3.05) is 14.1 Å². The number of hydrogen-bond donors (Lipinski definition) is 1. The first kappa shape index (κ1) is 22.3. The molecule has 0 saturated carbocycles. The molecule has 11 heteroatoms. The smallest absolute Gasteiger partial charge is 0.303 e. The molecule has 31 heavy (non-hydrogen) atoms. The van der Waals surface area contributed by atoms with Gasteiger partial charge in [-0.2, -0.15) is 13.9 Å². The zero-order chi connectivity index (χ0) is 22.6. The number of aromatic nitrogens is 6. The highest BCUT2D eigenvalue weighted by atomic mass is 35.5. The molecule has 0 radical (unpaired) electrons. The molecule has 0 fully saturated rings. The summed E-state index contributed by atoms with van der Waals surface area (Å²) in [6, 6.07) is 8.29. The summed E-state index contributed by atoms with van der Waals surface area (Å²) in [7, 11) is 3.75. The van der Waals surface area contributed by atoms with E-state index in [4.69, 9.17) is 11.6 Å². The number of halogens is 3. The molecule has 1 N–H and O–H groups in total. The Labute approximate surface area is 181 Å². The number of carbonyl (C=O) groups excluding carboxylic acids is 1. The van der Waals surface area contributed by atoms with Gasteiger partial charge in [-0.25, -0.2) is 24.6 Å². The molecule has 0 bridgehead atoms. The number of alkyl halides is 2. The van der Waals surface area contributed by atoms with Crippen molar-refractivity contribution in [1.29, 1.82) is 0 Å². The minimum atomic E-state index is -3.21. The molecule has 1 aromatic carbocycles. The van der Waals surface area contributed by atoms with Crippen molar-refractivity contribution >= 4 is 28.9 Å². The minimum absolute atomic E-state index is 0.0225. The maximum Gasteiger partial charge on any atom is 0.303 e. The molecule has 0 amide bonds. The lowest BCUT2D eigenvalue weighted by Crippen LogP contribution is -2.14. The van der Waals surface area contributed by atoms with E-state index in [-0.39, 0.29) is 11.6 Å². The Balaban J connectivity index is 0.000000858. The normalized spacial score (nSPS) is 11.2. The molecule has 0 aliphatic rings. The Bertz CT molecular complexity index is 1210. The van der Waals surface area contributed by atoms with Gasteiger partial charge in [0.25, 0.3) is 0 Å². The predicted octanol–water partition coefficient (Wildman–Crippen LogP) is 3.69. The van der Waals surface area contributed by atoms with Gasteiger partial charge < -0.3 is 5.32 Å². The molecule has 8 nitrogen and oxygen atoms in total. The van der Waals surface area contributed by atoms with Crippen LogP contribution >= 0.6 is 11.6 Å². The van der Waals surface area contributed by atoms with E-state index in [0.29, 0.717) is 40.5 Å². The standard InChI is InChI=1S/C18H11ClF2N6O.C2H7N/c1-18(20,21)17-22-7-6-14(25-17)27-12-8-23-13(9-28)24-16(12)15(26-27)10-2-4-11(19)5-3-10;1-3-2/h2-9H,1H3;3H,1-2H3. The first-order valence-electron chi connectivity index (χ1n) is 9.05. The van der Waals surface area contributed by atoms with Crippen molar-refractivity contribution in [3.05, 3.63) is 59.4 Å². The van der Waals surface area contributed by atoms with Crippen LogP contribution in [0.5, 0.6) is 0 Å². The zero-order valence-corrected chi connectivity index (χ0v) is 17.6. The number of hydrogen-bond acceptors (Lipinski definition) is 7. The molecule has 3 aromatic heterocycles. The Hall–Kier alpha value is -3.37. The van der Waals surface area contributed by atoms with Gasteiger partial charge in [0.15, 0.2) is 17.9 Å². The van der Waals surface area contributed by atoms with Crippen LogP contribution in [0.25, 0.3) is 28.1 Å². The third-order valence-electron chi connectivity index (χ3n) is 3.91. The molecule has 160 valence electrons. The van der Waals surface area contributed by atoms with E-state index in [1.807, 2.05) is 14.1 Å². The first-order chi connectivity index (χ1) is 14.8. The molecule has 0 aliphatic heterocycles. The summed E-state index contributed by atoms with van der Waals surface area (Å²) in [6.07, 6.45) is 3.14. The Morgan fingerprint density at radius 1 is 1.10 bits per heavy atom. The Morgan fingerprint density at radius 2 is 1.77 bits per heavy atom. The van der Waals surface area contributed by atoms with Crippen molar-refractivity contribution in [2.24, 2.45) is 0 Å². The second-order valence-electron chi connectivity index (χ2n) is 6.47. The fraction of sp³-hybridized carbons (Fsp3) is 0.200. The van der Waals surface area contributed by atoms with Crippen molar-refractivity contribution < 1.29 is 13.6 Å². The van der Waals surface area contributed by atoms with Crippen molar-refractivity contribution in [3.63, 3.8) is 0 Å². The van der Waals surface area contributed by atoms with Crippen molar-refractivity contribution in [1.82, 2.24) is 35.0 Å². The topological polar surface area (TPSA) is 98.5 Å². The minimum Gasteiger partial charge on any atom is -0.323 e. The van der Waals surface area contributed by atoms with Crippen molar-refractivity contribution in [2.45, 2.75) is 12.8 Å². The highest BCUT2D eigenvalue weighted by Crippen LogP contribution is 2.29. The summed E-state index contributed by atoms with van der Waals surface area (Å²) in [5.74, 6) is -3.74. The number of nitrogens with zero attached hydrogens (tertiary/aromatic N) is 6. The summed E-state index contributed by atoms with van der Waals surface area (Å²) in [5.41, 5.74) is 1.89. The number of fused-ring (bicyclic) bond motifs is 1. The van der Waals surface area contributed by atoms with Gasteiger partial charge in [0.1, 0.15) is 16.7 Å². The maximum atomic E-state index is 13.6. The highest BCUT2D eigenvalue weighted by Gasteiger charge is 2.29. The van der Waals surface area contributed by atoms with Crippen LogP contribution in [-0.4, -0.2) is 50.1 Å². The lowest BCUT2D eigenvalue weighted by molar-refractivity contribution is 0.00763.